The average Bonchev–Trinajstić information content (AvgIpc) is 2.67. The van der Waals surface area contributed by atoms with Gasteiger partial charge in [-0.25, -0.2) is 0 Å². The molecule has 140 valence electrons. The molecule has 1 heterocycles. The minimum absolute atomic E-state index is 0.0807. The first-order valence-electron chi connectivity index (χ1n) is 8.76. The monoisotopic (exact) mass is 358 g/mol. The Morgan fingerprint density at radius 1 is 1.04 bits per heavy atom. The van der Waals surface area contributed by atoms with E-state index in [1.54, 1.807) is 42.6 Å². The maximum Gasteiger partial charge on any atom is 0.254 e. The summed E-state index contributed by atoms with van der Waals surface area (Å²) < 4.78 is 16.4. The number of hydrogen-bond donors (Lipinski definition) is 0. The van der Waals surface area contributed by atoms with E-state index in [9.17, 15) is 4.79 Å². The number of benzene rings is 1. The van der Waals surface area contributed by atoms with Gasteiger partial charge in [-0.1, -0.05) is 0 Å². The van der Waals surface area contributed by atoms with Gasteiger partial charge >= 0.3 is 0 Å². The molecule has 2 aromatic rings. The van der Waals surface area contributed by atoms with Gasteiger partial charge in [0.05, 0.1) is 19.8 Å². The molecule has 0 aliphatic heterocycles. The van der Waals surface area contributed by atoms with Crippen LogP contribution in [-0.2, 0) is 11.3 Å². The third-order valence-corrected chi connectivity index (χ3v) is 3.77. The van der Waals surface area contributed by atoms with Crippen LogP contribution in [-0.4, -0.2) is 49.3 Å². The lowest BCUT2D eigenvalue weighted by molar-refractivity contribution is 0.0680. The Hall–Kier alpha value is -2.60. The summed E-state index contributed by atoms with van der Waals surface area (Å²) in [5, 5.41) is 0. The number of ether oxygens (including phenoxy) is 3. The van der Waals surface area contributed by atoms with Crippen LogP contribution in [0.25, 0.3) is 0 Å². The largest absolute Gasteiger partial charge is 0.490 e. The number of nitrogens with zero attached hydrogens (tertiary/aromatic N) is 2. The van der Waals surface area contributed by atoms with E-state index in [1.807, 2.05) is 26.0 Å². The third-order valence-electron chi connectivity index (χ3n) is 3.77. The van der Waals surface area contributed by atoms with Crippen LogP contribution in [0.1, 0.15) is 29.8 Å². The van der Waals surface area contributed by atoms with Crippen LogP contribution >= 0.6 is 0 Å². The number of carbonyl (C=O) groups is 1. The first-order valence-corrected chi connectivity index (χ1v) is 8.76. The summed E-state index contributed by atoms with van der Waals surface area (Å²) in [6, 6.07) is 9.09. The van der Waals surface area contributed by atoms with E-state index < -0.39 is 0 Å². The van der Waals surface area contributed by atoms with Gasteiger partial charge in [-0.15, -0.1) is 0 Å². The van der Waals surface area contributed by atoms with Gasteiger partial charge in [0, 0.05) is 38.2 Å². The molecule has 0 saturated carbocycles. The minimum atomic E-state index is -0.0807. The summed E-state index contributed by atoms with van der Waals surface area (Å²) in [7, 11) is 1.62. The zero-order valence-electron chi connectivity index (χ0n) is 15.6. The van der Waals surface area contributed by atoms with Crippen LogP contribution in [0, 0.1) is 0 Å². The molecule has 0 bridgehead atoms. The summed E-state index contributed by atoms with van der Waals surface area (Å²) in [4.78, 5) is 18.8. The van der Waals surface area contributed by atoms with E-state index in [4.69, 9.17) is 14.2 Å². The predicted molar refractivity (Wildman–Crippen MR) is 99.6 cm³/mol. The second-order valence-electron chi connectivity index (χ2n) is 5.60. The lowest BCUT2D eigenvalue weighted by atomic mass is 10.1. The molecular formula is C20H26N2O4. The zero-order valence-corrected chi connectivity index (χ0v) is 15.6. The van der Waals surface area contributed by atoms with Gasteiger partial charge in [0.2, 0.25) is 0 Å². The van der Waals surface area contributed by atoms with Crippen molar-refractivity contribution in [3.8, 4) is 11.5 Å². The summed E-state index contributed by atoms with van der Waals surface area (Å²) in [5.41, 5.74) is 1.57. The second-order valence-corrected chi connectivity index (χ2v) is 5.60. The first kappa shape index (κ1) is 19.7. The molecule has 1 aromatic carbocycles. The lowest BCUT2D eigenvalue weighted by Gasteiger charge is -2.23. The van der Waals surface area contributed by atoms with Crippen molar-refractivity contribution in [3.63, 3.8) is 0 Å². The second kappa shape index (κ2) is 10.4. The van der Waals surface area contributed by atoms with Crippen molar-refractivity contribution in [1.29, 1.82) is 0 Å². The molecule has 2 rings (SSSR count). The molecule has 0 spiro atoms. The number of hydrogen-bond acceptors (Lipinski definition) is 5. The number of amides is 1. The number of aromatic nitrogens is 1. The van der Waals surface area contributed by atoms with Crippen molar-refractivity contribution in [2.45, 2.75) is 20.4 Å². The average molecular weight is 358 g/mol. The van der Waals surface area contributed by atoms with Gasteiger partial charge in [0.15, 0.2) is 11.5 Å². The highest BCUT2D eigenvalue weighted by Crippen LogP contribution is 2.29. The SMILES string of the molecule is CCOc1ccc(C(=O)N(CCOC)Cc2ccncc2)cc1OCC. The molecule has 0 radical (unpaired) electrons. The molecule has 0 aliphatic rings. The molecule has 0 N–H and O–H groups in total. The Balaban J connectivity index is 2.24. The van der Waals surface area contributed by atoms with E-state index in [1.165, 1.54) is 0 Å². The smallest absolute Gasteiger partial charge is 0.254 e. The summed E-state index contributed by atoms with van der Waals surface area (Å²) in [6.07, 6.45) is 3.44. The van der Waals surface area contributed by atoms with Crippen molar-refractivity contribution in [1.82, 2.24) is 9.88 Å². The van der Waals surface area contributed by atoms with Crippen LogP contribution in [0.5, 0.6) is 11.5 Å². The van der Waals surface area contributed by atoms with E-state index >= 15 is 0 Å². The number of methoxy groups -OCH3 is 1. The fourth-order valence-corrected chi connectivity index (χ4v) is 2.53. The number of pyridine rings is 1. The number of carbonyl (C=O) groups excluding carboxylic acids is 1. The first-order chi connectivity index (χ1) is 12.7. The van der Waals surface area contributed by atoms with Crippen LogP contribution in [0.4, 0.5) is 0 Å². The van der Waals surface area contributed by atoms with Crippen LogP contribution in [0.15, 0.2) is 42.7 Å². The molecule has 6 nitrogen and oxygen atoms in total. The summed E-state index contributed by atoms with van der Waals surface area (Å²) in [6.45, 7) is 6.30. The van der Waals surface area contributed by atoms with Gasteiger partial charge in [-0.2, -0.15) is 0 Å². The molecule has 6 heteroatoms. The van der Waals surface area contributed by atoms with Gasteiger partial charge < -0.3 is 19.1 Å². The topological polar surface area (TPSA) is 60.9 Å². The molecule has 0 atom stereocenters. The number of rotatable bonds is 10. The highest BCUT2D eigenvalue weighted by atomic mass is 16.5. The highest BCUT2D eigenvalue weighted by molar-refractivity contribution is 5.95. The van der Waals surface area contributed by atoms with Crippen molar-refractivity contribution in [3.05, 3.63) is 53.9 Å². The van der Waals surface area contributed by atoms with E-state index in [2.05, 4.69) is 4.98 Å². The van der Waals surface area contributed by atoms with Crippen molar-refractivity contribution in [2.75, 3.05) is 33.5 Å². The van der Waals surface area contributed by atoms with Crippen molar-refractivity contribution >= 4 is 5.91 Å². The maximum atomic E-state index is 13.0. The molecule has 26 heavy (non-hydrogen) atoms. The molecule has 0 aliphatic carbocycles. The van der Waals surface area contributed by atoms with E-state index in [-0.39, 0.29) is 5.91 Å². The van der Waals surface area contributed by atoms with Gasteiger partial charge in [-0.05, 0) is 49.7 Å². The Labute approximate surface area is 154 Å². The molecule has 1 aromatic heterocycles. The molecular weight excluding hydrogens is 332 g/mol. The van der Waals surface area contributed by atoms with Crippen LogP contribution in [0.2, 0.25) is 0 Å². The van der Waals surface area contributed by atoms with Crippen LogP contribution < -0.4 is 9.47 Å². The maximum absolute atomic E-state index is 13.0. The molecule has 1 amide bonds. The molecule has 0 unspecified atom stereocenters. The van der Waals surface area contributed by atoms with Gasteiger partial charge in [0.1, 0.15) is 0 Å². The Bertz CT molecular complexity index is 691. The van der Waals surface area contributed by atoms with Crippen molar-refractivity contribution in [2.24, 2.45) is 0 Å². The lowest BCUT2D eigenvalue weighted by Crippen LogP contribution is -2.33. The minimum Gasteiger partial charge on any atom is -0.490 e. The summed E-state index contributed by atoms with van der Waals surface area (Å²) in [5.74, 6) is 1.14. The van der Waals surface area contributed by atoms with Gasteiger partial charge in [-0.3, -0.25) is 9.78 Å². The van der Waals surface area contributed by atoms with E-state index in [0.717, 1.165) is 5.56 Å². The fourth-order valence-electron chi connectivity index (χ4n) is 2.53. The third kappa shape index (κ3) is 5.46. The fraction of sp³-hybridized carbons (Fsp3) is 0.400. The van der Waals surface area contributed by atoms with Crippen LogP contribution in [0.3, 0.4) is 0 Å². The summed E-state index contributed by atoms with van der Waals surface area (Å²) >= 11 is 0. The quantitative estimate of drug-likeness (QED) is 0.653. The Morgan fingerprint density at radius 3 is 2.38 bits per heavy atom. The zero-order chi connectivity index (χ0) is 18.8. The highest BCUT2D eigenvalue weighted by Gasteiger charge is 2.18. The Morgan fingerprint density at radius 2 is 1.73 bits per heavy atom. The Kier molecular flexibility index (Phi) is 7.89. The predicted octanol–water partition coefficient (Wildman–Crippen LogP) is 3.17. The van der Waals surface area contributed by atoms with Gasteiger partial charge in [0.25, 0.3) is 5.91 Å². The molecule has 0 saturated heterocycles. The van der Waals surface area contributed by atoms with Crippen molar-refractivity contribution < 1.29 is 19.0 Å². The van der Waals surface area contributed by atoms with E-state index in [0.29, 0.717) is 50.0 Å². The normalized spacial score (nSPS) is 10.4. The standard InChI is InChI=1S/C20H26N2O4/c1-4-25-18-7-6-17(14-19(18)26-5-2)20(23)22(12-13-24-3)15-16-8-10-21-11-9-16/h6-11,14H,4-5,12-13,15H2,1-3H3. The molecule has 0 fully saturated rings.